The molecule has 0 aliphatic rings. The number of nitrogens with one attached hydrogen (secondary N) is 1. The van der Waals surface area contributed by atoms with Gasteiger partial charge in [0.2, 0.25) is 0 Å². The fourth-order valence-corrected chi connectivity index (χ4v) is 1.60. The number of rotatable bonds is 3. The van der Waals surface area contributed by atoms with Crippen LogP contribution in [0, 0.1) is 5.82 Å². The third kappa shape index (κ3) is 2.91. The topological polar surface area (TPSA) is 55.1 Å². The molecular formula is C11H8BrFN2O2. The van der Waals surface area contributed by atoms with Gasteiger partial charge in [-0.25, -0.2) is 4.39 Å². The summed E-state index contributed by atoms with van der Waals surface area (Å²) in [5.41, 5.74) is -0.00675. The van der Waals surface area contributed by atoms with Crippen molar-refractivity contribution < 1.29 is 13.7 Å². The first-order valence-electron chi connectivity index (χ1n) is 4.79. The van der Waals surface area contributed by atoms with Gasteiger partial charge in [-0.2, -0.15) is 0 Å². The molecule has 2 aromatic rings. The molecule has 0 radical (unpaired) electrons. The number of hydrogen-bond donors (Lipinski definition) is 1. The van der Waals surface area contributed by atoms with Crippen molar-refractivity contribution in [3.8, 4) is 0 Å². The molecule has 0 aliphatic heterocycles. The molecule has 0 aliphatic carbocycles. The Morgan fingerprint density at radius 2 is 2.29 bits per heavy atom. The maximum atomic E-state index is 13.4. The van der Waals surface area contributed by atoms with Crippen LogP contribution in [0.1, 0.15) is 16.1 Å². The minimum atomic E-state index is -0.575. The van der Waals surface area contributed by atoms with E-state index in [1.54, 1.807) is 12.1 Å². The maximum absolute atomic E-state index is 13.4. The van der Waals surface area contributed by atoms with Crippen LogP contribution in [0.2, 0.25) is 0 Å². The second-order valence-electron chi connectivity index (χ2n) is 3.29. The average Bonchev–Trinajstić information content (AvgIpc) is 2.78. The van der Waals surface area contributed by atoms with Crippen LogP contribution in [0.5, 0.6) is 0 Å². The fraction of sp³-hybridized carbons (Fsp3) is 0.0909. The number of amides is 1. The van der Waals surface area contributed by atoms with Crippen molar-refractivity contribution in [3.63, 3.8) is 0 Å². The van der Waals surface area contributed by atoms with E-state index in [0.717, 1.165) is 0 Å². The Hall–Kier alpha value is -1.69. The molecule has 1 amide bonds. The molecule has 1 aromatic heterocycles. The fourth-order valence-electron chi connectivity index (χ4n) is 1.27. The molecule has 1 aromatic carbocycles. The number of aromatic nitrogens is 1. The SMILES string of the molecule is O=C(NCc1ccno1)c1ccc(Br)cc1F. The summed E-state index contributed by atoms with van der Waals surface area (Å²) in [4.78, 5) is 11.6. The van der Waals surface area contributed by atoms with Crippen molar-refractivity contribution >= 4 is 21.8 Å². The monoisotopic (exact) mass is 298 g/mol. The number of nitrogens with zero attached hydrogens (tertiary/aromatic N) is 1. The molecule has 2 rings (SSSR count). The highest BCUT2D eigenvalue weighted by Gasteiger charge is 2.11. The van der Waals surface area contributed by atoms with Crippen LogP contribution in [0.15, 0.2) is 39.5 Å². The van der Waals surface area contributed by atoms with Crippen LogP contribution in [-0.2, 0) is 6.54 Å². The van der Waals surface area contributed by atoms with Gasteiger partial charge >= 0.3 is 0 Å². The van der Waals surface area contributed by atoms with Crippen molar-refractivity contribution in [3.05, 3.63) is 52.1 Å². The summed E-state index contributed by atoms with van der Waals surface area (Å²) >= 11 is 3.12. The Bertz CT molecular complexity index is 528. The lowest BCUT2D eigenvalue weighted by Gasteiger charge is -2.04. The molecule has 17 heavy (non-hydrogen) atoms. The third-order valence-electron chi connectivity index (χ3n) is 2.09. The van der Waals surface area contributed by atoms with E-state index >= 15 is 0 Å². The predicted molar refractivity (Wildman–Crippen MR) is 61.8 cm³/mol. The second-order valence-corrected chi connectivity index (χ2v) is 4.20. The first-order chi connectivity index (χ1) is 8.16. The normalized spacial score (nSPS) is 10.2. The quantitative estimate of drug-likeness (QED) is 0.947. The molecule has 0 atom stereocenters. The van der Waals surface area contributed by atoms with Crippen LogP contribution in [0.4, 0.5) is 4.39 Å². The van der Waals surface area contributed by atoms with Crippen molar-refractivity contribution in [2.45, 2.75) is 6.54 Å². The predicted octanol–water partition coefficient (Wildman–Crippen LogP) is 2.51. The Kier molecular flexibility index (Phi) is 3.53. The van der Waals surface area contributed by atoms with Gasteiger partial charge in [0.1, 0.15) is 5.82 Å². The number of carbonyl (C=O) groups excluding carboxylic acids is 1. The number of halogens is 2. The van der Waals surface area contributed by atoms with E-state index in [1.807, 2.05) is 0 Å². The smallest absolute Gasteiger partial charge is 0.254 e. The molecule has 6 heteroatoms. The van der Waals surface area contributed by atoms with Crippen LogP contribution in [0.25, 0.3) is 0 Å². The zero-order chi connectivity index (χ0) is 12.3. The third-order valence-corrected chi connectivity index (χ3v) is 2.58. The van der Waals surface area contributed by atoms with E-state index in [0.29, 0.717) is 10.2 Å². The van der Waals surface area contributed by atoms with E-state index < -0.39 is 11.7 Å². The van der Waals surface area contributed by atoms with Crippen molar-refractivity contribution in [1.82, 2.24) is 10.5 Å². The van der Waals surface area contributed by atoms with Crippen LogP contribution < -0.4 is 5.32 Å². The largest absolute Gasteiger partial charge is 0.360 e. The molecule has 4 nitrogen and oxygen atoms in total. The van der Waals surface area contributed by atoms with Gasteiger partial charge in [-0.3, -0.25) is 4.79 Å². The first-order valence-corrected chi connectivity index (χ1v) is 5.59. The lowest BCUT2D eigenvalue weighted by molar-refractivity contribution is 0.0943. The summed E-state index contributed by atoms with van der Waals surface area (Å²) in [5.74, 6) is -0.559. The zero-order valence-electron chi connectivity index (χ0n) is 8.61. The zero-order valence-corrected chi connectivity index (χ0v) is 10.2. The highest BCUT2D eigenvalue weighted by atomic mass is 79.9. The lowest BCUT2D eigenvalue weighted by Crippen LogP contribution is -2.23. The lowest BCUT2D eigenvalue weighted by atomic mass is 10.2. The molecule has 88 valence electrons. The second kappa shape index (κ2) is 5.09. The minimum absolute atomic E-state index is 0.00675. The van der Waals surface area contributed by atoms with Gasteiger partial charge in [0.25, 0.3) is 5.91 Å². The molecule has 0 unspecified atom stereocenters. The summed E-state index contributed by atoms with van der Waals surface area (Å²) in [6, 6.07) is 5.88. The minimum Gasteiger partial charge on any atom is -0.360 e. The standard InChI is InChI=1S/C11H8BrFN2O2/c12-7-1-2-9(10(13)5-7)11(16)14-6-8-3-4-15-17-8/h1-5H,6H2,(H,14,16). The van der Waals surface area contributed by atoms with Crippen molar-refractivity contribution in [2.75, 3.05) is 0 Å². The summed E-state index contributed by atoms with van der Waals surface area (Å²) in [6.07, 6.45) is 1.47. The number of carbonyl (C=O) groups is 1. The van der Waals surface area contributed by atoms with Gasteiger partial charge in [-0.1, -0.05) is 21.1 Å². The van der Waals surface area contributed by atoms with E-state index in [-0.39, 0.29) is 12.1 Å². The molecule has 0 bridgehead atoms. The average molecular weight is 299 g/mol. The van der Waals surface area contributed by atoms with E-state index in [4.69, 9.17) is 4.52 Å². The van der Waals surface area contributed by atoms with Crippen LogP contribution in [0.3, 0.4) is 0 Å². The molecular weight excluding hydrogens is 291 g/mol. The first kappa shape index (κ1) is 11.8. The summed E-state index contributed by atoms with van der Waals surface area (Å²) in [7, 11) is 0. The molecule has 0 saturated heterocycles. The Morgan fingerprint density at radius 3 is 2.94 bits per heavy atom. The van der Waals surface area contributed by atoms with E-state index in [1.165, 1.54) is 18.3 Å². The van der Waals surface area contributed by atoms with Gasteiger partial charge < -0.3 is 9.84 Å². The van der Waals surface area contributed by atoms with Crippen LogP contribution in [-0.4, -0.2) is 11.1 Å². The Labute approximate surface area is 105 Å². The molecule has 0 fully saturated rings. The van der Waals surface area contributed by atoms with Crippen molar-refractivity contribution in [1.29, 1.82) is 0 Å². The van der Waals surface area contributed by atoms with Gasteiger partial charge in [-0.05, 0) is 18.2 Å². The van der Waals surface area contributed by atoms with E-state index in [2.05, 4.69) is 26.4 Å². The van der Waals surface area contributed by atoms with Crippen molar-refractivity contribution in [2.24, 2.45) is 0 Å². The Morgan fingerprint density at radius 1 is 1.47 bits per heavy atom. The Balaban J connectivity index is 2.04. The molecule has 0 saturated carbocycles. The molecule has 1 heterocycles. The molecule has 0 spiro atoms. The highest BCUT2D eigenvalue weighted by Crippen LogP contribution is 2.15. The highest BCUT2D eigenvalue weighted by molar-refractivity contribution is 9.10. The summed E-state index contributed by atoms with van der Waals surface area (Å²) in [5, 5.41) is 6.03. The number of hydrogen-bond acceptors (Lipinski definition) is 3. The van der Waals surface area contributed by atoms with E-state index in [9.17, 15) is 9.18 Å². The van der Waals surface area contributed by atoms with Gasteiger partial charge in [0.15, 0.2) is 5.76 Å². The van der Waals surface area contributed by atoms with Gasteiger partial charge in [0, 0.05) is 10.5 Å². The maximum Gasteiger partial charge on any atom is 0.254 e. The summed E-state index contributed by atoms with van der Waals surface area (Å²) in [6.45, 7) is 0.175. The molecule has 1 N–H and O–H groups in total. The van der Waals surface area contributed by atoms with Gasteiger partial charge in [0.05, 0.1) is 18.3 Å². The summed E-state index contributed by atoms with van der Waals surface area (Å²) < 4.78 is 18.8. The van der Waals surface area contributed by atoms with Crippen LogP contribution >= 0.6 is 15.9 Å². The number of benzene rings is 1. The van der Waals surface area contributed by atoms with Gasteiger partial charge in [-0.15, -0.1) is 0 Å².